The first-order valence-corrected chi connectivity index (χ1v) is 10.1. The third kappa shape index (κ3) is 4.33. The van der Waals surface area contributed by atoms with E-state index in [1.165, 1.54) is 11.1 Å². The maximum Gasteiger partial charge on any atom is 0.260 e. The van der Waals surface area contributed by atoms with Gasteiger partial charge in [-0.05, 0) is 44.1 Å². The second-order valence-corrected chi connectivity index (χ2v) is 7.80. The maximum atomic E-state index is 13.4. The minimum atomic E-state index is 0.0553. The Morgan fingerprint density at radius 1 is 1.03 bits per heavy atom. The fraction of sp³-hybridized carbons (Fsp3) is 0.240. The van der Waals surface area contributed by atoms with Crippen LogP contribution in [0.25, 0.3) is 10.9 Å². The minimum absolute atomic E-state index is 0.0553. The molecule has 3 aromatic rings. The number of hydrogen-bond acceptors (Lipinski definition) is 3. The van der Waals surface area contributed by atoms with E-state index in [1.54, 1.807) is 0 Å². The van der Waals surface area contributed by atoms with Crippen molar-refractivity contribution in [3.63, 3.8) is 0 Å². The molecule has 0 bridgehead atoms. The van der Waals surface area contributed by atoms with Crippen molar-refractivity contribution < 1.29 is 4.79 Å². The van der Waals surface area contributed by atoms with Gasteiger partial charge in [0.15, 0.2) is 0 Å². The largest absolute Gasteiger partial charge is 0.350 e. The highest BCUT2D eigenvalue weighted by Gasteiger charge is 2.19. The van der Waals surface area contributed by atoms with Gasteiger partial charge in [0.05, 0.1) is 5.52 Å². The zero-order valence-electron chi connectivity index (χ0n) is 17.1. The van der Waals surface area contributed by atoms with E-state index in [0.717, 1.165) is 36.0 Å². The third-order valence-electron chi connectivity index (χ3n) is 5.28. The number of nitrogens with zero attached hydrogens (tertiary/aromatic N) is 3. The third-order valence-corrected chi connectivity index (χ3v) is 5.28. The molecule has 0 saturated carbocycles. The van der Waals surface area contributed by atoms with Crippen LogP contribution >= 0.6 is 0 Å². The van der Waals surface area contributed by atoms with Gasteiger partial charge in [-0.1, -0.05) is 54.6 Å². The normalized spacial score (nSPS) is 13.9. The van der Waals surface area contributed by atoms with Gasteiger partial charge in [-0.3, -0.25) is 9.36 Å². The van der Waals surface area contributed by atoms with Crippen LogP contribution in [0.5, 0.6) is 0 Å². The Kier molecular flexibility index (Phi) is 5.63. The van der Waals surface area contributed by atoms with E-state index in [2.05, 4.69) is 54.4 Å². The van der Waals surface area contributed by atoms with Crippen molar-refractivity contribution in [1.29, 1.82) is 0 Å². The van der Waals surface area contributed by atoms with E-state index in [4.69, 9.17) is 0 Å². The molecule has 0 radical (unpaired) electrons. The van der Waals surface area contributed by atoms with Crippen molar-refractivity contribution in [3.8, 4) is 0 Å². The predicted octanol–water partition coefficient (Wildman–Crippen LogP) is 4.69. The second kappa shape index (κ2) is 8.50. The molecule has 0 spiro atoms. The molecular weight excluding hydrogens is 358 g/mol. The minimum Gasteiger partial charge on any atom is -0.350 e. The zero-order chi connectivity index (χ0) is 20.2. The molecule has 0 atom stereocenters. The van der Waals surface area contributed by atoms with E-state index in [0.29, 0.717) is 6.42 Å². The van der Waals surface area contributed by atoms with E-state index < -0.39 is 0 Å². The van der Waals surface area contributed by atoms with E-state index >= 15 is 0 Å². The molecule has 4 rings (SSSR count). The van der Waals surface area contributed by atoms with Crippen LogP contribution in [0.1, 0.15) is 22.3 Å². The van der Waals surface area contributed by atoms with Crippen LogP contribution < -0.4 is 0 Å². The Morgan fingerprint density at radius 3 is 2.59 bits per heavy atom. The van der Waals surface area contributed by atoms with Crippen LogP contribution in [0.4, 0.5) is 0 Å². The van der Waals surface area contributed by atoms with Gasteiger partial charge < -0.3 is 9.80 Å². The molecule has 0 unspecified atom stereocenters. The lowest BCUT2D eigenvalue weighted by Gasteiger charge is -2.21. The number of aromatic nitrogens is 1. The summed E-state index contributed by atoms with van der Waals surface area (Å²) in [6, 6.07) is 18.5. The van der Waals surface area contributed by atoms with Crippen molar-refractivity contribution in [2.75, 3.05) is 20.6 Å². The molecule has 0 N–H and O–H groups in total. The lowest BCUT2D eigenvalue weighted by molar-refractivity contribution is 0.0955. The van der Waals surface area contributed by atoms with Crippen molar-refractivity contribution in [3.05, 3.63) is 96.0 Å². The molecule has 0 fully saturated rings. The first kappa shape index (κ1) is 19.2. The fourth-order valence-electron chi connectivity index (χ4n) is 3.76. The summed E-state index contributed by atoms with van der Waals surface area (Å²) < 4.78 is 1.83. The van der Waals surface area contributed by atoms with Gasteiger partial charge in [0.25, 0.3) is 5.91 Å². The van der Waals surface area contributed by atoms with E-state index in [9.17, 15) is 4.79 Å². The lowest BCUT2D eigenvalue weighted by Crippen LogP contribution is -2.19. The second-order valence-electron chi connectivity index (χ2n) is 7.80. The summed E-state index contributed by atoms with van der Waals surface area (Å²) in [6.45, 7) is 1.72. The van der Waals surface area contributed by atoms with Crippen LogP contribution in [0.2, 0.25) is 0 Å². The van der Waals surface area contributed by atoms with Gasteiger partial charge in [0, 0.05) is 42.6 Å². The molecule has 1 aliphatic rings. The summed E-state index contributed by atoms with van der Waals surface area (Å²) in [7, 11) is 4.15. The molecule has 1 aliphatic heterocycles. The summed E-state index contributed by atoms with van der Waals surface area (Å²) in [5.74, 6) is 0.0553. The smallest absolute Gasteiger partial charge is 0.260 e. The van der Waals surface area contributed by atoms with Gasteiger partial charge in [-0.15, -0.1) is 0 Å². The summed E-state index contributed by atoms with van der Waals surface area (Å²) >= 11 is 0. The molecule has 2 heterocycles. The Labute approximate surface area is 172 Å². The molecule has 0 saturated heterocycles. The van der Waals surface area contributed by atoms with Crippen molar-refractivity contribution in [2.24, 2.45) is 0 Å². The van der Waals surface area contributed by atoms with Gasteiger partial charge in [-0.25, -0.2) is 0 Å². The maximum absolute atomic E-state index is 13.4. The number of carbonyl (C=O) groups is 1. The van der Waals surface area contributed by atoms with Crippen molar-refractivity contribution >= 4 is 16.8 Å². The number of benzene rings is 2. The number of allylic oxidation sites excluding steroid dienone is 2. The highest BCUT2D eigenvalue weighted by atomic mass is 16.2. The summed E-state index contributed by atoms with van der Waals surface area (Å²) in [5, 5.41) is 1.16. The highest BCUT2D eigenvalue weighted by Crippen LogP contribution is 2.25. The Balaban J connectivity index is 1.61. The van der Waals surface area contributed by atoms with Gasteiger partial charge >= 0.3 is 0 Å². The standard InChI is InChI=1S/C25H27N3O/c1-26(2)16-14-21-19-28(24-13-7-6-12-23(21)24)25(29)22-11-8-15-27(18-22)17-20-9-4-3-5-10-20/h3-10,12-13,15,18-19H,11,14,16-17H2,1-2H3. The quantitative estimate of drug-likeness (QED) is 0.616. The number of rotatable bonds is 6. The molecule has 4 nitrogen and oxygen atoms in total. The van der Waals surface area contributed by atoms with Crippen LogP contribution in [0, 0.1) is 0 Å². The molecule has 1 aromatic heterocycles. The van der Waals surface area contributed by atoms with Gasteiger partial charge in [-0.2, -0.15) is 0 Å². The average molecular weight is 386 g/mol. The predicted molar refractivity (Wildman–Crippen MR) is 119 cm³/mol. The van der Waals surface area contributed by atoms with Crippen molar-refractivity contribution in [1.82, 2.24) is 14.4 Å². The highest BCUT2D eigenvalue weighted by molar-refractivity contribution is 6.02. The number of fused-ring (bicyclic) bond motifs is 1. The molecule has 148 valence electrons. The SMILES string of the molecule is CN(C)CCc1cn(C(=O)C2=CN(Cc3ccccc3)C=CC2)c2ccccc12. The van der Waals surface area contributed by atoms with Crippen LogP contribution in [0.15, 0.2) is 84.8 Å². The molecule has 0 amide bonds. The number of likely N-dealkylation sites (N-methyl/N-ethyl adjacent to an activating group) is 1. The monoisotopic (exact) mass is 385 g/mol. The Morgan fingerprint density at radius 2 is 1.79 bits per heavy atom. The molecule has 4 heteroatoms. The average Bonchev–Trinajstić information content (AvgIpc) is 3.11. The van der Waals surface area contributed by atoms with E-state index in [1.807, 2.05) is 53.4 Å². The lowest BCUT2D eigenvalue weighted by atomic mass is 10.1. The molecular formula is C25H27N3O. The number of carbonyl (C=O) groups excluding carboxylic acids is 1. The first-order chi connectivity index (χ1) is 14.1. The molecule has 2 aromatic carbocycles. The first-order valence-electron chi connectivity index (χ1n) is 10.1. The molecule has 29 heavy (non-hydrogen) atoms. The van der Waals surface area contributed by atoms with Gasteiger partial charge in [0.1, 0.15) is 0 Å². The fourth-order valence-corrected chi connectivity index (χ4v) is 3.76. The number of para-hydroxylation sites is 1. The van der Waals surface area contributed by atoms with Crippen LogP contribution in [0.3, 0.4) is 0 Å². The Hall–Kier alpha value is -3.11. The molecule has 0 aliphatic carbocycles. The van der Waals surface area contributed by atoms with Crippen LogP contribution in [-0.4, -0.2) is 40.9 Å². The topological polar surface area (TPSA) is 28.5 Å². The van der Waals surface area contributed by atoms with Crippen LogP contribution in [-0.2, 0) is 13.0 Å². The Bertz CT molecular complexity index is 1060. The summed E-state index contributed by atoms with van der Waals surface area (Å²) in [5.41, 5.74) is 4.23. The summed E-state index contributed by atoms with van der Waals surface area (Å²) in [4.78, 5) is 17.6. The zero-order valence-corrected chi connectivity index (χ0v) is 17.1. The van der Waals surface area contributed by atoms with E-state index in [-0.39, 0.29) is 5.91 Å². The van der Waals surface area contributed by atoms with Gasteiger partial charge in [0.2, 0.25) is 0 Å². The van der Waals surface area contributed by atoms with Crippen molar-refractivity contribution in [2.45, 2.75) is 19.4 Å². The summed E-state index contributed by atoms with van der Waals surface area (Å²) in [6.07, 6.45) is 9.71. The number of hydrogen-bond donors (Lipinski definition) is 0.